The number of nitrogens with zero attached hydrogens (tertiary/aromatic N) is 4. The van der Waals surface area contributed by atoms with Crippen LogP contribution in [-0.4, -0.2) is 9.13 Å². The minimum Gasteiger partial charge on any atom is -0.309 e. The SMILES string of the molecule is N#Cc1c(-c2ccccc2)cc(-n2c3ccccc3c3c(C#N)cccc32)cc1-c1cccc(-n2c3ccccc3c3ccccc32)c1. The lowest BCUT2D eigenvalue weighted by atomic mass is 9.91. The zero-order chi connectivity index (χ0) is 32.2. The van der Waals surface area contributed by atoms with E-state index in [1.165, 1.54) is 10.8 Å². The fourth-order valence-corrected chi connectivity index (χ4v) is 7.35. The molecule has 4 nitrogen and oxygen atoms in total. The second kappa shape index (κ2) is 10.9. The molecule has 7 aromatic carbocycles. The summed E-state index contributed by atoms with van der Waals surface area (Å²) in [5.41, 5.74) is 11.0. The first kappa shape index (κ1) is 27.4. The minimum atomic E-state index is 0.614. The molecule has 222 valence electrons. The average molecular weight is 611 g/mol. The van der Waals surface area contributed by atoms with Gasteiger partial charge in [0.1, 0.15) is 6.07 Å². The van der Waals surface area contributed by atoms with E-state index in [0.717, 1.165) is 66.5 Å². The van der Waals surface area contributed by atoms with Gasteiger partial charge in [0, 0.05) is 44.0 Å². The molecule has 4 heteroatoms. The zero-order valence-corrected chi connectivity index (χ0v) is 25.8. The number of rotatable bonds is 4. The van der Waals surface area contributed by atoms with Crippen LogP contribution in [0.5, 0.6) is 0 Å². The summed E-state index contributed by atoms with van der Waals surface area (Å²) in [6.07, 6.45) is 0. The van der Waals surface area contributed by atoms with Gasteiger partial charge in [-0.15, -0.1) is 0 Å². The van der Waals surface area contributed by atoms with E-state index in [4.69, 9.17) is 0 Å². The summed E-state index contributed by atoms with van der Waals surface area (Å²) < 4.78 is 4.53. The predicted molar refractivity (Wildman–Crippen MR) is 195 cm³/mol. The fraction of sp³-hybridized carbons (Fsp3) is 0. The van der Waals surface area contributed by atoms with Gasteiger partial charge < -0.3 is 9.13 Å². The van der Waals surface area contributed by atoms with Crippen LogP contribution in [0.2, 0.25) is 0 Å². The number of nitriles is 2. The van der Waals surface area contributed by atoms with Crippen molar-refractivity contribution < 1.29 is 0 Å². The molecule has 0 radical (unpaired) electrons. The van der Waals surface area contributed by atoms with Gasteiger partial charge in [0.15, 0.2) is 0 Å². The highest BCUT2D eigenvalue weighted by Gasteiger charge is 2.20. The van der Waals surface area contributed by atoms with Gasteiger partial charge in [-0.05, 0) is 65.7 Å². The number of fused-ring (bicyclic) bond motifs is 6. The van der Waals surface area contributed by atoms with Crippen molar-refractivity contribution in [2.75, 3.05) is 0 Å². The molecule has 0 aliphatic heterocycles. The molecule has 2 heterocycles. The van der Waals surface area contributed by atoms with Gasteiger partial charge in [-0.3, -0.25) is 0 Å². The molecule has 48 heavy (non-hydrogen) atoms. The minimum absolute atomic E-state index is 0.614. The van der Waals surface area contributed by atoms with E-state index in [-0.39, 0.29) is 0 Å². The first-order chi connectivity index (χ1) is 23.7. The summed E-state index contributed by atoms with van der Waals surface area (Å²) in [6, 6.07) is 58.9. The summed E-state index contributed by atoms with van der Waals surface area (Å²) >= 11 is 0. The van der Waals surface area contributed by atoms with Crippen molar-refractivity contribution in [3.63, 3.8) is 0 Å². The largest absolute Gasteiger partial charge is 0.309 e. The summed E-state index contributed by atoms with van der Waals surface area (Å²) in [6.45, 7) is 0. The molecule has 2 aromatic heterocycles. The molecule has 0 aliphatic rings. The quantitative estimate of drug-likeness (QED) is 0.199. The van der Waals surface area contributed by atoms with E-state index < -0.39 is 0 Å². The molecule has 0 N–H and O–H groups in total. The highest BCUT2D eigenvalue weighted by molar-refractivity contribution is 6.12. The Morgan fingerprint density at radius 1 is 0.396 bits per heavy atom. The maximum atomic E-state index is 10.8. The molecule has 9 rings (SSSR count). The van der Waals surface area contributed by atoms with Gasteiger partial charge in [-0.2, -0.15) is 10.5 Å². The first-order valence-corrected chi connectivity index (χ1v) is 15.9. The zero-order valence-electron chi connectivity index (χ0n) is 25.8. The molecule has 0 spiro atoms. The molecule has 0 amide bonds. The van der Waals surface area contributed by atoms with Gasteiger partial charge in [0.2, 0.25) is 0 Å². The van der Waals surface area contributed by atoms with Crippen molar-refractivity contribution in [3.05, 3.63) is 169 Å². The number of benzene rings is 7. The molecular formula is C44H26N4. The number of hydrogen-bond acceptors (Lipinski definition) is 2. The molecule has 0 saturated heterocycles. The van der Waals surface area contributed by atoms with E-state index >= 15 is 0 Å². The van der Waals surface area contributed by atoms with Gasteiger partial charge in [0.25, 0.3) is 0 Å². The first-order valence-electron chi connectivity index (χ1n) is 15.9. The van der Waals surface area contributed by atoms with Crippen LogP contribution in [0.1, 0.15) is 11.1 Å². The van der Waals surface area contributed by atoms with Gasteiger partial charge in [-0.1, -0.05) is 103 Å². The number of para-hydroxylation sites is 3. The van der Waals surface area contributed by atoms with Gasteiger partial charge in [0.05, 0.1) is 39.3 Å². The van der Waals surface area contributed by atoms with Crippen LogP contribution in [0.4, 0.5) is 0 Å². The lowest BCUT2D eigenvalue weighted by Gasteiger charge is -2.17. The van der Waals surface area contributed by atoms with Gasteiger partial charge in [-0.25, -0.2) is 0 Å². The van der Waals surface area contributed by atoms with Crippen LogP contribution in [0.25, 0.3) is 77.2 Å². The lowest BCUT2D eigenvalue weighted by molar-refractivity contribution is 1.17. The highest BCUT2D eigenvalue weighted by atomic mass is 15.0. The second-order valence-corrected chi connectivity index (χ2v) is 12.0. The van der Waals surface area contributed by atoms with Crippen molar-refractivity contribution in [1.82, 2.24) is 9.13 Å². The predicted octanol–water partition coefficient (Wildman–Crippen LogP) is 11.0. The van der Waals surface area contributed by atoms with Crippen molar-refractivity contribution in [3.8, 4) is 45.8 Å². The van der Waals surface area contributed by atoms with Crippen molar-refractivity contribution in [2.24, 2.45) is 0 Å². The fourth-order valence-electron chi connectivity index (χ4n) is 7.35. The molecule has 0 saturated carbocycles. The topological polar surface area (TPSA) is 57.4 Å². The average Bonchev–Trinajstić information content (AvgIpc) is 3.68. The summed E-state index contributed by atoms with van der Waals surface area (Å²) in [5.74, 6) is 0. The van der Waals surface area contributed by atoms with E-state index in [1.54, 1.807) is 0 Å². The third kappa shape index (κ3) is 4.07. The molecule has 0 aliphatic carbocycles. The van der Waals surface area contributed by atoms with E-state index in [0.29, 0.717) is 11.1 Å². The van der Waals surface area contributed by atoms with Crippen LogP contribution in [0.3, 0.4) is 0 Å². The van der Waals surface area contributed by atoms with Crippen molar-refractivity contribution >= 4 is 43.6 Å². The van der Waals surface area contributed by atoms with Crippen molar-refractivity contribution in [1.29, 1.82) is 10.5 Å². The molecule has 0 unspecified atom stereocenters. The molecule has 0 fully saturated rings. The Balaban J connectivity index is 1.36. The van der Waals surface area contributed by atoms with Crippen molar-refractivity contribution in [2.45, 2.75) is 0 Å². The summed E-state index contributed by atoms with van der Waals surface area (Å²) in [5, 5.41) is 25.2. The number of aromatic nitrogens is 2. The Bertz CT molecular complexity index is 2750. The smallest absolute Gasteiger partial charge is 0.100 e. The lowest BCUT2D eigenvalue weighted by Crippen LogP contribution is -2.00. The molecule has 0 atom stereocenters. The molecular weight excluding hydrogens is 585 g/mol. The Labute approximate surface area is 277 Å². The maximum absolute atomic E-state index is 10.8. The second-order valence-electron chi connectivity index (χ2n) is 12.0. The summed E-state index contributed by atoms with van der Waals surface area (Å²) in [4.78, 5) is 0. The van der Waals surface area contributed by atoms with Crippen LogP contribution >= 0.6 is 0 Å². The summed E-state index contributed by atoms with van der Waals surface area (Å²) in [7, 11) is 0. The van der Waals surface area contributed by atoms with Crippen LogP contribution in [-0.2, 0) is 0 Å². The van der Waals surface area contributed by atoms with Crippen LogP contribution in [0.15, 0.2) is 158 Å². The Kier molecular flexibility index (Phi) is 6.22. The highest BCUT2D eigenvalue weighted by Crippen LogP contribution is 2.40. The van der Waals surface area contributed by atoms with E-state index in [9.17, 15) is 10.5 Å². The van der Waals surface area contributed by atoms with Crippen LogP contribution < -0.4 is 0 Å². The Morgan fingerprint density at radius 3 is 1.58 bits per heavy atom. The Morgan fingerprint density at radius 2 is 0.917 bits per heavy atom. The van der Waals surface area contributed by atoms with Crippen LogP contribution in [0, 0.1) is 22.7 Å². The normalized spacial score (nSPS) is 11.3. The Hall–Kier alpha value is -6.88. The molecule has 9 aromatic rings. The van der Waals surface area contributed by atoms with Gasteiger partial charge >= 0.3 is 0 Å². The standard InChI is InChI=1S/C44H26N4/c45-27-31-15-11-23-43-44(31)36-19-6-9-22-42(36)48(43)33-25-37(29-12-2-1-3-13-29)39(28-46)38(26-33)30-14-10-16-32(24-30)47-40-20-7-4-17-34(40)35-18-5-8-21-41(35)47/h1-26H. The van der Waals surface area contributed by atoms with E-state index in [1.807, 2.05) is 42.5 Å². The van der Waals surface area contributed by atoms with E-state index in [2.05, 4.69) is 137 Å². The monoisotopic (exact) mass is 610 g/mol. The number of hydrogen-bond donors (Lipinski definition) is 0. The maximum Gasteiger partial charge on any atom is 0.100 e. The third-order valence-corrected chi connectivity index (χ3v) is 9.39. The third-order valence-electron chi connectivity index (χ3n) is 9.39. The molecule has 0 bridgehead atoms.